The number of benzene rings is 1. The average molecular weight is 454 g/mol. The molecule has 2 amide bonds. The van der Waals surface area contributed by atoms with Crippen LogP contribution in [-0.2, 0) is 19.5 Å². The predicted molar refractivity (Wildman–Crippen MR) is 104 cm³/mol. The standard InChI is InChI=1S/C17H18N4O9S/c1-27-12-8-13(28-2)19-16(18-12)20-17(24)21-31(25,26)11-7-9(14(22)29-3)5-6-10(11)15(23)30-4/h5-8H,1-4H3,(H2,18,19,20,21,24). The van der Waals surface area contributed by atoms with Gasteiger partial charge in [-0.25, -0.2) is 27.5 Å². The molecule has 0 spiro atoms. The average Bonchev–Trinajstić information content (AvgIpc) is 2.76. The van der Waals surface area contributed by atoms with Gasteiger partial charge in [-0.1, -0.05) is 0 Å². The fraction of sp³-hybridized carbons (Fsp3) is 0.235. The fourth-order valence-electron chi connectivity index (χ4n) is 2.24. The zero-order chi connectivity index (χ0) is 23.2. The number of hydrogen-bond donors (Lipinski definition) is 2. The number of sulfonamides is 1. The fourth-order valence-corrected chi connectivity index (χ4v) is 3.37. The first-order chi connectivity index (χ1) is 14.6. The summed E-state index contributed by atoms with van der Waals surface area (Å²) in [6.45, 7) is 0. The summed E-state index contributed by atoms with van der Waals surface area (Å²) >= 11 is 0. The monoisotopic (exact) mass is 454 g/mol. The van der Waals surface area contributed by atoms with Gasteiger partial charge in [-0.15, -0.1) is 0 Å². The number of rotatable bonds is 7. The SMILES string of the molecule is COC(=O)c1ccc(C(=O)OC)c(S(=O)(=O)NC(=O)Nc2nc(OC)cc(OC)n2)c1. The Morgan fingerprint density at radius 1 is 0.871 bits per heavy atom. The van der Waals surface area contributed by atoms with E-state index in [1.165, 1.54) is 26.4 Å². The van der Waals surface area contributed by atoms with Gasteiger partial charge in [0, 0.05) is 0 Å². The molecule has 2 rings (SSSR count). The lowest BCUT2D eigenvalue weighted by molar-refractivity contribution is 0.0583. The molecule has 0 aliphatic rings. The summed E-state index contributed by atoms with van der Waals surface area (Å²) in [7, 11) is 0.125. The maximum absolute atomic E-state index is 12.8. The van der Waals surface area contributed by atoms with Gasteiger partial charge < -0.3 is 18.9 Å². The van der Waals surface area contributed by atoms with Crippen molar-refractivity contribution in [2.24, 2.45) is 0 Å². The molecule has 13 nitrogen and oxygen atoms in total. The van der Waals surface area contributed by atoms with E-state index in [9.17, 15) is 22.8 Å². The van der Waals surface area contributed by atoms with Crippen molar-refractivity contribution in [2.75, 3.05) is 33.8 Å². The van der Waals surface area contributed by atoms with Crippen LogP contribution in [0.15, 0.2) is 29.2 Å². The molecule has 1 heterocycles. The van der Waals surface area contributed by atoms with E-state index in [2.05, 4.69) is 24.8 Å². The van der Waals surface area contributed by atoms with Crippen molar-refractivity contribution in [1.82, 2.24) is 14.7 Å². The topological polar surface area (TPSA) is 172 Å². The van der Waals surface area contributed by atoms with Crippen molar-refractivity contribution in [3.63, 3.8) is 0 Å². The summed E-state index contributed by atoms with van der Waals surface area (Å²) in [6, 6.07) is 3.18. The first kappa shape index (κ1) is 23.3. The molecule has 166 valence electrons. The number of carbonyl (C=O) groups excluding carboxylic acids is 3. The summed E-state index contributed by atoms with van der Waals surface area (Å²) < 4.78 is 46.2. The van der Waals surface area contributed by atoms with Gasteiger partial charge in [-0.05, 0) is 18.2 Å². The lowest BCUT2D eigenvalue weighted by atomic mass is 10.1. The predicted octanol–water partition coefficient (Wildman–Crippen LogP) is 0.577. The van der Waals surface area contributed by atoms with Crippen LogP contribution in [0.25, 0.3) is 0 Å². The Morgan fingerprint density at radius 3 is 1.97 bits per heavy atom. The second-order valence-electron chi connectivity index (χ2n) is 5.53. The van der Waals surface area contributed by atoms with Gasteiger partial charge in [-0.2, -0.15) is 9.97 Å². The maximum atomic E-state index is 12.8. The van der Waals surface area contributed by atoms with Crippen LogP contribution in [0.4, 0.5) is 10.7 Å². The number of urea groups is 1. The van der Waals surface area contributed by atoms with Crippen molar-refractivity contribution < 1.29 is 41.7 Å². The molecule has 0 bridgehead atoms. The van der Waals surface area contributed by atoms with Gasteiger partial charge in [0.1, 0.15) is 4.90 Å². The van der Waals surface area contributed by atoms with E-state index in [-0.39, 0.29) is 23.3 Å². The van der Waals surface area contributed by atoms with Crippen LogP contribution in [0.5, 0.6) is 11.8 Å². The van der Waals surface area contributed by atoms with Crippen molar-refractivity contribution >= 4 is 33.9 Å². The van der Waals surface area contributed by atoms with E-state index in [0.29, 0.717) is 0 Å². The number of nitrogens with one attached hydrogen (secondary N) is 2. The summed E-state index contributed by atoms with van der Waals surface area (Å²) in [6.07, 6.45) is 0. The molecule has 14 heteroatoms. The highest BCUT2D eigenvalue weighted by atomic mass is 32.2. The third-order valence-corrected chi connectivity index (χ3v) is 5.02. The number of aromatic nitrogens is 2. The molecular formula is C17H18N4O9S. The van der Waals surface area contributed by atoms with Crippen LogP contribution in [-0.4, -0.2) is 64.8 Å². The van der Waals surface area contributed by atoms with E-state index in [4.69, 9.17) is 9.47 Å². The summed E-state index contributed by atoms with van der Waals surface area (Å²) in [5.74, 6) is -2.08. The molecular weight excluding hydrogens is 436 g/mol. The zero-order valence-corrected chi connectivity index (χ0v) is 17.6. The molecule has 0 saturated heterocycles. The molecule has 1 aromatic heterocycles. The van der Waals surface area contributed by atoms with Crippen molar-refractivity contribution in [3.05, 3.63) is 35.4 Å². The highest BCUT2D eigenvalue weighted by molar-refractivity contribution is 7.90. The third kappa shape index (κ3) is 5.57. The molecule has 0 atom stereocenters. The Labute approximate surface area is 176 Å². The minimum absolute atomic E-state index is 0.0452. The van der Waals surface area contributed by atoms with Crippen molar-refractivity contribution in [3.8, 4) is 11.8 Å². The normalized spacial score (nSPS) is 10.6. The molecule has 0 radical (unpaired) electrons. The summed E-state index contributed by atoms with van der Waals surface area (Å²) in [5, 5.41) is 2.11. The first-order valence-corrected chi connectivity index (χ1v) is 9.75. The molecule has 0 unspecified atom stereocenters. The molecule has 0 aliphatic heterocycles. The summed E-state index contributed by atoms with van der Waals surface area (Å²) in [4.78, 5) is 43.0. The first-order valence-electron chi connectivity index (χ1n) is 8.26. The zero-order valence-electron chi connectivity index (χ0n) is 16.8. The number of nitrogens with zero attached hydrogens (tertiary/aromatic N) is 2. The number of ether oxygens (including phenoxy) is 4. The van der Waals surface area contributed by atoms with Crippen molar-refractivity contribution in [2.45, 2.75) is 4.90 Å². The van der Waals surface area contributed by atoms with Crippen LogP contribution >= 0.6 is 0 Å². The third-order valence-electron chi connectivity index (χ3n) is 3.65. The Morgan fingerprint density at radius 2 is 1.45 bits per heavy atom. The quantitative estimate of drug-likeness (QED) is 0.560. The van der Waals surface area contributed by atoms with E-state index in [0.717, 1.165) is 26.4 Å². The maximum Gasteiger partial charge on any atom is 0.339 e. The van der Waals surface area contributed by atoms with Gasteiger partial charge in [0.15, 0.2) is 0 Å². The number of carbonyl (C=O) groups is 3. The minimum Gasteiger partial charge on any atom is -0.481 e. The molecule has 2 N–H and O–H groups in total. The largest absolute Gasteiger partial charge is 0.481 e. The van der Waals surface area contributed by atoms with E-state index in [1.54, 1.807) is 4.72 Å². The lowest BCUT2D eigenvalue weighted by Crippen LogP contribution is -2.35. The summed E-state index contributed by atoms with van der Waals surface area (Å²) in [5.41, 5.74) is -0.577. The van der Waals surface area contributed by atoms with Gasteiger partial charge in [0.05, 0.1) is 45.6 Å². The number of amides is 2. The Kier molecular flexibility index (Phi) is 7.31. The highest BCUT2D eigenvalue weighted by Crippen LogP contribution is 2.20. The molecule has 1 aromatic carbocycles. The van der Waals surface area contributed by atoms with Crippen molar-refractivity contribution in [1.29, 1.82) is 0 Å². The van der Waals surface area contributed by atoms with Gasteiger partial charge in [0.25, 0.3) is 10.0 Å². The molecule has 0 saturated carbocycles. The molecule has 2 aromatic rings. The molecule has 31 heavy (non-hydrogen) atoms. The minimum atomic E-state index is -4.65. The van der Waals surface area contributed by atoms with Gasteiger partial charge in [-0.3, -0.25) is 5.32 Å². The van der Waals surface area contributed by atoms with Crippen LogP contribution in [0.2, 0.25) is 0 Å². The van der Waals surface area contributed by atoms with Crippen LogP contribution in [0.1, 0.15) is 20.7 Å². The number of anilines is 1. The van der Waals surface area contributed by atoms with Crippen LogP contribution in [0, 0.1) is 0 Å². The Bertz CT molecular complexity index is 1100. The van der Waals surface area contributed by atoms with E-state index >= 15 is 0 Å². The lowest BCUT2D eigenvalue weighted by Gasteiger charge is -2.12. The number of hydrogen-bond acceptors (Lipinski definition) is 11. The van der Waals surface area contributed by atoms with E-state index in [1.807, 2.05) is 0 Å². The Hall–Kier alpha value is -3.94. The number of methoxy groups -OCH3 is 4. The van der Waals surface area contributed by atoms with Crippen LogP contribution in [0.3, 0.4) is 0 Å². The molecule has 0 aliphatic carbocycles. The van der Waals surface area contributed by atoms with Gasteiger partial charge >= 0.3 is 18.0 Å². The van der Waals surface area contributed by atoms with Crippen LogP contribution < -0.4 is 19.5 Å². The second kappa shape index (κ2) is 9.71. The Balaban J connectivity index is 2.37. The number of esters is 2. The highest BCUT2D eigenvalue weighted by Gasteiger charge is 2.27. The van der Waals surface area contributed by atoms with E-state index < -0.39 is 38.5 Å². The van der Waals surface area contributed by atoms with Gasteiger partial charge in [0.2, 0.25) is 17.7 Å². The smallest absolute Gasteiger partial charge is 0.339 e. The second-order valence-corrected chi connectivity index (χ2v) is 7.18. The molecule has 0 fully saturated rings.